The zero-order chi connectivity index (χ0) is 17.2. The highest BCUT2D eigenvalue weighted by molar-refractivity contribution is 5.91. The van der Waals surface area contributed by atoms with Crippen LogP contribution in [0.5, 0.6) is 0 Å². The number of rotatable bonds is 4. The van der Waals surface area contributed by atoms with Gasteiger partial charge in [-0.3, -0.25) is 0 Å². The van der Waals surface area contributed by atoms with Crippen molar-refractivity contribution < 1.29 is 14.3 Å². The molecule has 1 aliphatic carbocycles. The van der Waals surface area contributed by atoms with Crippen molar-refractivity contribution in [3.8, 4) is 5.69 Å². The first-order chi connectivity index (χ1) is 11.5. The molecule has 0 radical (unpaired) electrons. The molecular weight excluding hydrogens is 311 g/mol. The van der Waals surface area contributed by atoms with Crippen LogP contribution in [0.15, 0.2) is 36.7 Å². The lowest BCUT2D eigenvalue weighted by Gasteiger charge is -2.30. The molecule has 6 nitrogen and oxygen atoms in total. The summed E-state index contributed by atoms with van der Waals surface area (Å²) >= 11 is 0. The zero-order valence-corrected chi connectivity index (χ0v) is 13.5. The number of carbonyl (C=O) groups is 1. The van der Waals surface area contributed by atoms with Gasteiger partial charge in [-0.2, -0.15) is 5.10 Å². The van der Waals surface area contributed by atoms with Gasteiger partial charge < -0.3 is 15.7 Å². The van der Waals surface area contributed by atoms with Gasteiger partial charge in [0.05, 0.1) is 18.0 Å². The number of benzene rings is 1. The number of amides is 2. The van der Waals surface area contributed by atoms with Crippen molar-refractivity contribution in [1.29, 1.82) is 0 Å². The first kappa shape index (κ1) is 16.4. The molecule has 0 saturated heterocycles. The van der Waals surface area contributed by atoms with Crippen LogP contribution >= 0.6 is 0 Å². The summed E-state index contributed by atoms with van der Waals surface area (Å²) in [5.74, 6) is -0.442. The number of aliphatic hydroxyl groups is 1. The summed E-state index contributed by atoms with van der Waals surface area (Å²) in [5, 5.41) is 19.3. The Balaban J connectivity index is 1.76. The van der Waals surface area contributed by atoms with Crippen LogP contribution in [0.2, 0.25) is 0 Å². The topological polar surface area (TPSA) is 79.2 Å². The third-order valence-corrected chi connectivity index (χ3v) is 4.71. The second-order valence-electron chi connectivity index (χ2n) is 6.47. The molecule has 1 saturated carbocycles. The summed E-state index contributed by atoms with van der Waals surface area (Å²) in [7, 11) is 0. The van der Waals surface area contributed by atoms with Crippen LogP contribution in [0.1, 0.15) is 26.2 Å². The standard InChI is InChI=1S/C17H21FN4O2/c1-17(11-23)7-2-4-15(17)21-16(24)20-13-10-12(18)5-6-14(13)22-9-3-8-19-22/h3,5-6,8-10,15,23H,2,4,7,11H2,1H3,(H2,20,21,24). The minimum absolute atomic E-state index is 0.0243. The Hall–Kier alpha value is -2.41. The van der Waals surface area contributed by atoms with Crippen LogP contribution < -0.4 is 10.6 Å². The van der Waals surface area contributed by atoms with Crippen LogP contribution in [0, 0.1) is 11.2 Å². The third kappa shape index (κ3) is 3.26. The number of hydrogen-bond donors (Lipinski definition) is 3. The molecule has 1 fully saturated rings. The molecule has 2 aromatic rings. The number of aromatic nitrogens is 2. The van der Waals surface area contributed by atoms with E-state index >= 15 is 0 Å². The van der Waals surface area contributed by atoms with Gasteiger partial charge in [-0.15, -0.1) is 0 Å². The van der Waals surface area contributed by atoms with Gasteiger partial charge in [-0.05, 0) is 37.1 Å². The molecule has 1 aromatic carbocycles. The minimum Gasteiger partial charge on any atom is -0.396 e. The Labute approximate surface area is 139 Å². The maximum absolute atomic E-state index is 13.6. The number of urea groups is 1. The molecule has 0 aliphatic heterocycles. The molecule has 2 amide bonds. The second kappa shape index (κ2) is 6.60. The Bertz CT molecular complexity index is 719. The Kier molecular flexibility index (Phi) is 4.53. The van der Waals surface area contributed by atoms with E-state index in [1.807, 2.05) is 6.92 Å². The fraction of sp³-hybridized carbons (Fsp3) is 0.412. The largest absolute Gasteiger partial charge is 0.396 e. The Morgan fingerprint density at radius 3 is 3.08 bits per heavy atom. The van der Waals surface area contributed by atoms with Gasteiger partial charge in [0.1, 0.15) is 5.82 Å². The molecular formula is C17H21FN4O2. The number of halogens is 1. The van der Waals surface area contributed by atoms with Gasteiger partial charge >= 0.3 is 6.03 Å². The van der Waals surface area contributed by atoms with E-state index in [1.54, 1.807) is 29.2 Å². The van der Waals surface area contributed by atoms with Gasteiger partial charge in [0.25, 0.3) is 0 Å². The van der Waals surface area contributed by atoms with E-state index in [1.165, 1.54) is 12.1 Å². The molecule has 128 valence electrons. The zero-order valence-electron chi connectivity index (χ0n) is 13.5. The summed E-state index contributed by atoms with van der Waals surface area (Å²) in [6, 6.07) is 5.37. The van der Waals surface area contributed by atoms with E-state index in [0.29, 0.717) is 11.4 Å². The average Bonchev–Trinajstić information content (AvgIpc) is 3.19. The van der Waals surface area contributed by atoms with Crippen LogP contribution in [0.4, 0.5) is 14.9 Å². The first-order valence-corrected chi connectivity index (χ1v) is 8.00. The van der Waals surface area contributed by atoms with Gasteiger partial charge in [0.15, 0.2) is 0 Å². The summed E-state index contributed by atoms with van der Waals surface area (Å²) in [4.78, 5) is 12.3. The van der Waals surface area contributed by atoms with Gasteiger partial charge in [0, 0.05) is 23.9 Å². The van der Waals surface area contributed by atoms with E-state index in [-0.39, 0.29) is 18.1 Å². The number of carbonyl (C=O) groups excluding carboxylic acids is 1. The molecule has 1 aromatic heterocycles. The van der Waals surface area contributed by atoms with Crippen molar-refractivity contribution in [2.75, 3.05) is 11.9 Å². The summed E-state index contributed by atoms with van der Waals surface area (Å²) in [6.45, 7) is 1.98. The quantitative estimate of drug-likeness (QED) is 0.805. The highest BCUT2D eigenvalue weighted by atomic mass is 19.1. The maximum Gasteiger partial charge on any atom is 0.319 e. The normalized spacial score (nSPS) is 23.2. The summed E-state index contributed by atoms with van der Waals surface area (Å²) in [5.41, 5.74) is 0.595. The molecule has 2 atom stereocenters. The lowest BCUT2D eigenvalue weighted by Crippen LogP contribution is -2.46. The van der Waals surface area contributed by atoms with Gasteiger partial charge in [-0.25, -0.2) is 13.9 Å². The number of aliphatic hydroxyl groups excluding tert-OH is 1. The predicted octanol–water partition coefficient (Wildman–Crippen LogP) is 2.68. The van der Waals surface area contributed by atoms with Crippen molar-refractivity contribution in [2.45, 2.75) is 32.2 Å². The van der Waals surface area contributed by atoms with Crippen molar-refractivity contribution in [3.63, 3.8) is 0 Å². The maximum atomic E-state index is 13.6. The molecule has 0 spiro atoms. The van der Waals surface area contributed by atoms with E-state index < -0.39 is 11.8 Å². The molecule has 3 rings (SSSR count). The van der Waals surface area contributed by atoms with Crippen molar-refractivity contribution in [3.05, 3.63) is 42.5 Å². The van der Waals surface area contributed by atoms with Crippen LogP contribution in [-0.4, -0.2) is 33.6 Å². The fourth-order valence-corrected chi connectivity index (χ4v) is 3.20. The Morgan fingerprint density at radius 2 is 2.38 bits per heavy atom. The molecule has 1 heterocycles. The monoisotopic (exact) mass is 332 g/mol. The lowest BCUT2D eigenvalue weighted by atomic mass is 9.86. The highest BCUT2D eigenvalue weighted by Gasteiger charge is 2.39. The minimum atomic E-state index is -0.442. The van der Waals surface area contributed by atoms with Gasteiger partial charge in [-0.1, -0.05) is 13.3 Å². The predicted molar refractivity (Wildman–Crippen MR) is 88.5 cm³/mol. The molecule has 24 heavy (non-hydrogen) atoms. The smallest absolute Gasteiger partial charge is 0.319 e. The average molecular weight is 332 g/mol. The molecule has 1 aliphatic rings. The van der Waals surface area contributed by atoms with E-state index in [4.69, 9.17) is 0 Å². The molecule has 3 N–H and O–H groups in total. The number of anilines is 1. The third-order valence-electron chi connectivity index (χ3n) is 4.71. The van der Waals surface area contributed by atoms with Crippen LogP contribution in [-0.2, 0) is 0 Å². The SMILES string of the molecule is CC1(CO)CCCC1NC(=O)Nc1cc(F)ccc1-n1cccn1. The molecule has 2 unspecified atom stereocenters. The number of nitrogens with zero attached hydrogens (tertiary/aromatic N) is 2. The number of nitrogens with one attached hydrogen (secondary N) is 2. The number of hydrogen-bond acceptors (Lipinski definition) is 3. The van der Waals surface area contributed by atoms with Crippen LogP contribution in [0.3, 0.4) is 0 Å². The van der Waals surface area contributed by atoms with Crippen molar-refractivity contribution in [1.82, 2.24) is 15.1 Å². The van der Waals surface area contributed by atoms with Crippen LogP contribution in [0.25, 0.3) is 5.69 Å². The van der Waals surface area contributed by atoms with E-state index in [2.05, 4.69) is 15.7 Å². The summed E-state index contributed by atoms with van der Waals surface area (Å²) < 4.78 is 15.1. The molecule has 0 bridgehead atoms. The first-order valence-electron chi connectivity index (χ1n) is 8.00. The van der Waals surface area contributed by atoms with Crippen molar-refractivity contribution in [2.24, 2.45) is 5.41 Å². The van der Waals surface area contributed by atoms with Gasteiger partial charge in [0.2, 0.25) is 0 Å². The Morgan fingerprint density at radius 1 is 1.54 bits per heavy atom. The molecule has 7 heteroatoms. The summed E-state index contributed by atoms with van der Waals surface area (Å²) in [6.07, 6.45) is 5.97. The second-order valence-corrected chi connectivity index (χ2v) is 6.47. The van der Waals surface area contributed by atoms with E-state index in [0.717, 1.165) is 19.3 Å². The highest BCUT2D eigenvalue weighted by Crippen LogP contribution is 2.37. The van der Waals surface area contributed by atoms with E-state index in [9.17, 15) is 14.3 Å². The van der Waals surface area contributed by atoms with Crippen molar-refractivity contribution >= 4 is 11.7 Å². The lowest BCUT2D eigenvalue weighted by molar-refractivity contribution is 0.122. The fourth-order valence-electron chi connectivity index (χ4n) is 3.20.